The number of rotatable bonds is 6. The molecular formula is C20H18N4O4S. The molecule has 0 saturated carbocycles. The van der Waals surface area contributed by atoms with E-state index < -0.39 is 11.6 Å². The Bertz CT molecular complexity index is 1180. The highest BCUT2D eigenvalue weighted by Crippen LogP contribution is 2.30. The first-order valence-electron chi connectivity index (χ1n) is 8.94. The van der Waals surface area contributed by atoms with Crippen molar-refractivity contribution >= 4 is 17.2 Å². The third-order valence-corrected chi connectivity index (χ3v) is 5.24. The third kappa shape index (κ3) is 3.90. The number of hydrogen-bond acceptors (Lipinski definition) is 7. The summed E-state index contributed by atoms with van der Waals surface area (Å²) in [6.45, 7) is 3.81. The van der Waals surface area contributed by atoms with E-state index in [2.05, 4.69) is 15.6 Å². The summed E-state index contributed by atoms with van der Waals surface area (Å²) < 4.78 is 11.9. The summed E-state index contributed by atoms with van der Waals surface area (Å²) in [5.74, 6) is 0.552. The molecule has 9 heteroatoms. The van der Waals surface area contributed by atoms with Crippen LogP contribution in [-0.2, 0) is 11.3 Å². The highest BCUT2D eigenvalue weighted by Gasteiger charge is 2.23. The van der Waals surface area contributed by atoms with Crippen molar-refractivity contribution in [3.8, 4) is 22.8 Å². The van der Waals surface area contributed by atoms with Crippen LogP contribution >= 0.6 is 11.3 Å². The molecule has 4 aromatic rings. The minimum absolute atomic E-state index is 0.304. The first-order chi connectivity index (χ1) is 14.0. The van der Waals surface area contributed by atoms with E-state index in [-0.39, 0.29) is 5.91 Å². The maximum absolute atomic E-state index is 12.8. The Kier molecular flexibility index (Phi) is 5.13. The Hall–Kier alpha value is -3.46. The van der Waals surface area contributed by atoms with Crippen LogP contribution in [0.15, 0.2) is 61.8 Å². The average molecular weight is 410 g/mol. The van der Waals surface area contributed by atoms with Gasteiger partial charge >= 0.3 is 0 Å². The number of amides is 1. The van der Waals surface area contributed by atoms with E-state index in [0.717, 1.165) is 9.56 Å². The average Bonchev–Trinajstić information content (AvgIpc) is 3.47. The van der Waals surface area contributed by atoms with Gasteiger partial charge in [-0.3, -0.25) is 9.59 Å². The van der Waals surface area contributed by atoms with Crippen LogP contribution in [0.5, 0.6) is 0 Å². The summed E-state index contributed by atoms with van der Waals surface area (Å²) in [6.07, 6.45) is 1.51. The largest absolute Gasteiger partial charge is 0.463 e. The van der Waals surface area contributed by atoms with Gasteiger partial charge in [0.25, 0.3) is 5.56 Å². The van der Waals surface area contributed by atoms with Crippen LogP contribution in [0.25, 0.3) is 22.8 Å². The van der Waals surface area contributed by atoms with Gasteiger partial charge in [0.05, 0.1) is 24.1 Å². The van der Waals surface area contributed by atoms with Crippen LogP contribution in [0.2, 0.25) is 0 Å². The van der Waals surface area contributed by atoms with Crippen LogP contribution in [0.1, 0.15) is 23.5 Å². The lowest BCUT2D eigenvalue weighted by Crippen LogP contribution is -2.36. The van der Waals surface area contributed by atoms with Crippen molar-refractivity contribution in [1.82, 2.24) is 20.3 Å². The third-order valence-electron chi connectivity index (χ3n) is 4.37. The van der Waals surface area contributed by atoms with Crippen LogP contribution in [0, 0.1) is 6.92 Å². The summed E-state index contributed by atoms with van der Waals surface area (Å²) in [6, 6.07) is 9.59. The molecule has 1 N–H and O–H groups in total. The molecule has 0 spiro atoms. The van der Waals surface area contributed by atoms with Crippen molar-refractivity contribution in [2.24, 2.45) is 0 Å². The van der Waals surface area contributed by atoms with Crippen molar-refractivity contribution in [2.45, 2.75) is 26.4 Å². The van der Waals surface area contributed by atoms with Crippen LogP contribution in [0.3, 0.4) is 0 Å². The molecule has 0 aliphatic carbocycles. The molecule has 4 rings (SSSR count). The molecule has 0 saturated heterocycles. The summed E-state index contributed by atoms with van der Waals surface area (Å²) in [5.41, 5.74) is 1.09. The van der Waals surface area contributed by atoms with Gasteiger partial charge in [-0.1, -0.05) is 11.2 Å². The zero-order valence-electron chi connectivity index (χ0n) is 15.8. The smallest absolute Gasteiger partial charge is 0.268 e. The molecular weight excluding hydrogens is 392 g/mol. The molecule has 29 heavy (non-hydrogen) atoms. The zero-order chi connectivity index (χ0) is 20.4. The molecule has 4 heterocycles. The number of nitrogens with zero attached hydrogens (tertiary/aromatic N) is 3. The van der Waals surface area contributed by atoms with Crippen molar-refractivity contribution in [1.29, 1.82) is 0 Å². The van der Waals surface area contributed by atoms with Gasteiger partial charge in [0, 0.05) is 17.0 Å². The van der Waals surface area contributed by atoms with E-state index in [0.29, 0.717) is 35.0 Å². The Labute approximate surface area is 169 Å². The molecule has 0 aromatic carbocycles. The lowest BCUT2D eigenvalue weighted by Gasteiger charge is -2.15. The normalized spacial score (nSPS) is 12.1. The van der Waals surface area contributed by atoms with Crippen molar-refractivity contribution in [3.05, 3.63) is 69.0 Å². The molecule has 4 aromatic heterocycles. The van der Waals surface area contributed by atoms with Gasteiger partial charge in [0.15, 0.2) is 11.5 Å². The molecule has 0 unspecified atom stereocenters. The Morgan fingerprint density at radius 1 is 1.28 bits per heavy atom. The summed E-state index contributed by atoms with van der Waals surface area (Å²) in [5, 5.41) is 13.1. The maximum Gasteiger partial charge on any atom is 0.268 e. The van der Waals surface area contributed by atoms with Gasteiger partial charge in [-0.2, -0.15) is 5.10 Å². The van der Waals surface area contributed by atoms with E-state index in [1.54, 1.807) is 43.4 Å². The quantitative estimate of drug-likeness (QED) is 0.522. The zero-order valence-corrected chi connectivity index (χ0v) is 16.6. The van der Waals surface area contributed by atoms with Gasteiger partial charge in [-0.15, -0.1) is 11.3 Å². The Balaban J connectivity index is 1.69. The van der Waals surface area contributed by atoms with Gasteiger partial charge in [0.2, 0.25) is 5.91 Å². The van der Waals surface area contributed by atoms with Crippen LogP contribution in [-0.4, -0.2) is 20.8 Å². The Morgan fingerprint density at radius 2 is 2.14 bits per heavy atom. The first-order valence-corrected chi connectivity index (χ1v) is 9.82. The predicted octanol–water partition coefficient (Wildman–Crippen LogP) is 3.41. The number of furan rings is 1. The second-order valence-electron chi connectivity index (χ2n) is 6.47. The van der Waals surface area contributed by atoms with Gasteiger partial charge in [-0.25, -0.2) is 4.68 Å². The van der Waals surface area contributed by atoms with Gasteiger partial charge in [-0.05, 0) is 37.4 Å². The number of nitrogens with one attached hydrogen (secondary N) is 1. The fourth-order valence-electron chi connectivity index (χ4n) is 2.87. The fourth-order valence-corrected chi connectivity index (χ4v) is 3.51. The first kappa shape index (κ1) is 18.9. The molecule has 1 amide bonds. The van der Waals surface area contributed by atoms with Crippen LogP contribution < -0.4 is 10.9 Å². The molecule has 0 bridgehead atoms. The summed E-state index contributed by atoms with van der Waals surface area (Å²) in [4.78, 5) is 26.4. The van der Waals surface area contributed by atoms with Crippen LogP contribution in [0.4, 0.5) is 0 Å². The van der Waals surface area contributed by atoms with Crippen molar-refractivity contribution in [3.63, 3.8) is 0 Å². The van der Waals surface area contributed by atoms with Gasteiger partial charge < -0.3 is 14.3 Å². The highest BCUT2D eigenvalue weighted by atomic mass is 32.1. The van der Waals surface area contributed by atoms with Gasteiger partial charge in [0.1, 0.15) is 11.7 Å². The number of thiophene rings is 1. The lowest BCUT2D eigenvalue weighted by atomic mass is 10.1. The lowest BCUT2D eigenvalue weighted by molar-refractivity contribution is -0.124. The minimum atomic E-state index is -0.804. The number of aromatic nitrogens is 3. The van der Waals surface area contributed by atoms with E-state index in [4.69, 9.17) is 8.94 Å². The van der Waals surface area contributed by atoms with E-state index in [9.17, 15) is 9.59 Å². The predicted molar refractivity (Wildman–Crippen MR) is 107 cm³/mol. The summed E-state index contributed by atoms with van der Waals surface area (Å²) >= 11 is 1.55. The second-order valence-corrected chi connectivity index (χ2v) is 7.50. The SMILES string of the molecule is Cc1cc(-c2cc(=O)n([C@@H](C)C(=O)NCc3cccs3)nc2-c2ccco2)on1. The van der Waals surface area contributed by atoms with E-state index >= 15 is 0 Å². The summed E-state index contributed by atoms with van der Waals surface area (Å²) in [7, 11) is 0. The standard InChI is InChI=1S/C20H18N4O4S/c1-12-9-17(28-23-12)15-10-18(25)24(22-19(15)16-6-3-7-27-16)13(2)20(26)21-11-14-5-4-8-29-14/h3-10,13H,11H2,1-2H3,(H,21,26)/t13-/m0/s1. The number of carbonyl (C=O) groups is 1. The number of carbonyl (C=O) groups excluding carboxylic acids is 1. The minimum Gasteiger partial charge on any atom is -0.463 e. The van der Waals surface area contributed by atoms with E-state index in [1.807, 2.05) is 17.5 Å². The number of aryl methyl sites for hydroxylation is 1. The second kappa shape index (κ2) is 7.88. The molecule has 0 fully saturated rings. The van der Waals surface area contributed by atoms with Crippen molar-refractivity contribution < 1.29 is 13.7 Å². The van der Waals surface area contributed by atoms with Crippen molar-refractivity contribution in [2.75, 3.05) is 0 Å². The molecule has 148 valence electrons. The molecule has 8 nitrogen and oxygen atoms in total. The topological polar surface area (TPSA) is 103 Å². The fraction of sp³-hybridized carbons (Fsp3) is 0.200. The number of hydrogen-bond donors (Lipinski definition) is 1. The molecule has 0 radical (unpaired) electrons. The Morgan fingerprint density at radius 3 is 2.79 bits per heavy atom. The molecule has 1 atom stereocenters. The maximum atomic E-state index is 12.8. The highest BCUT2D eigenvalue weighted by molar-refractivity contribution is 7.09. The van der Waals surface area contributed by atoms with E-state index in [1.165, 1.54) is 12.3 Å². The molecule has 0 aliphatic heterocycles. The molecule has 0 aliphatic rings. The monoisotopic (exact) mass is 410 g/mol.